The van der Waals surface area contributed by atoms with Crippen LogP contribution in [-0.4, -0.2) is 38.0 Å². The molecule has 0 saturated carbocycles. The molecular weight excluding hydrogens is 250 g/mol. The van der Waals surface area contributed by atoms with Crippen molar-refractivity contribution in [3.8, 4) is 0 Å². The van der Waals surface area contributed by atoms with Crippen LogP contribution in [-0.2, 0) is 0 Å². The average Bonchev–Trinajstić information content (AvgIpc) is 2.43. The highest BCUT2D eigenvalue weighted by molar-refractivity contribution is 6.00. The summed E-state index contributed by atoms with van der Waals surface area (Å²) in [6.07, 6.45) is 1.12. The van der Waals surface area contributed by atoms with Crippen LogP contribution in [0.3, 0.4) is 0 Å². The molecule has 0 bridgehead atoms. The number of rotatable bonds is 6. The van der Waals surface area contributed by atoms with Crippen LogP contribution in [0.2, 0.25) is 0 Å². The van der Waals surface area contributed by atoms with Gasteiger partial charge in [-0.1, -0.05) is 20.3 Å². The van der Waals surface area contributed by atoms with Gasteiger partial charge in [-0.25, -0.2) is 0 Å². The van der Waals surface area contributed by atoms with Crippen LogP contribution in [0.5, 0.6) is 0 Å². The van der Waals surface area contributed by atoms with E-state index in [1.807, 2.05) is 12.1 Å². The number of hydrogen-bond donors (Lipinski definition) is 1. The summed E-state index contributed by atoms with van der Waals surface area (Å²) < 4.78 is 0. The van der Waals surface area contributed by atoms with E-state index in [0.29, 0.717) is 17.2 Å². The SMILES string of the molecule is CCC(C)CN(CC)c1cc(N)ccc1C(=O)N(C)C. The highest BCUT2D eigenvalue weighted by Crippen LogP contribution is 2.26. The largest absolute Gasteiger partial charge is 0.399 e. The molecule has 2 N–H and O–H groups in total. The standard InChI is InChI=1S/C16H27N3O/c1-6-12(3)11-19(7-2)15-10-13(17)8-9-14(15)16(20)18(4)5/h8-10,12H,6-7,11,17H2,1-5H3. The van der Waals surface area contributed by atoms with E-state index in [1.54, 1.807) is 25.1 Å². The molecule has 0 fully saturated rings. The van der Waals surface area contributed by atoms with Gasteiger partial charge in [-0.3, -0.25) is 4.79 Å². The van der Waals surface area contributed by atoms with Crippen LogP contribution in [0.25, 0.3) is 0 Å². The first-order valence-corrected chi connectivity index (χ1v) is 7.26. The van der Waals surface area contributed by atoms with Gasteiger partial charge in [0, 0.05) is 32.9 Å². The lowest BCUT2D eigenvalue weighted by atomic mass is 10.1. The summed E-state index contributed by atoms with van der Waals surface area (Å²) in [7, 11) is 3.54. The molecule has 112 valence electrons. The van der Waals surface area contributed by atoms with Crippen LogP contribution in [0, 0.1) is 5.92 Å². The number of carbonyl (C=O) groups excluding carboxylic acids is 1. The molecule has 1 amide bonds. The molecule has 0 aromatic heterocycles. The van der Waals surface area contributed by atoms with Crippen LogP contribution in [0.1, 0.15) is 37.6 Å². The van der Waals surface area contributed by atoms with E-state index in [4.69, 9.17) is 5.73 Å². The number of carbonyl (C=O) groups is 1. The fourth-order valence-electron chi connectivity index (χ4n) is 2.14. The molecule has 0 aliphatic rings. The summed E-state index contributed by atoms with van der Waals surface area (Å²) >= 11 is 0. The highest BCUT2D eigenvalue weighted by atomic mass is 16.2. The summed E-state index contributed by atoms with van der Waals surface area (Å²) in [6.45, 7) is 8.31. The lowest BCUT2D eigenvalue weighted by Crippen LogP contribution is -2.31. The molecule has 4 nitrogen and oxygen atoms in total. The van der Waals surface area contributed by atoms with Gasteiger partial charge in [0.1, 0.15) is 0 Å². The lowest BCUT2D eigenvalue weighted by molar-refractivity contribution is 0.0828. The van der Waals surface area contributed by atoms with E-state index in [-0.39, 0.29) is 5.91 Å². The van der Waals surface area contributed by atoms with Gasteiger partial charge in [-0.15, -0.1) is 0 Å². The lowest BCUT2D eigenvalue weighted by Gasteiger charge is -2.29. The zero-order valence-electron chi connectivity index (χ0n) is 13.3. The van der Waals surface area contributed by atoms with Crippen LogP contribution in [0.15, 0.2) is 18.2 Å². The first kappa shape index (κ1) is 16.3. The number of anilines is 2. The molecule has 0 heterocycles. The summed E-state index contributed by atoms with van der Waals surface area (Å²) in [4.78, 5) is 16.2. The molecule has 4 heteroatoms. The van der Waals surface area contributed by atoms with Crippen molar-refractivity contribution in [1.29, 1.82) is 0 Å². The van der Waals surface area contributed by atoms with Crippen molar-refractivity contribution in [2.75, 3.05) is 37.8 Å². The van der Waals surface area contributed by atoms with Gasteiger partial charge in [-0.05, 0) is 31.0 Å². The molecular formula is C16H27N3O. The van der Waals surface area contributed by atoms with Crippen LogP contribution < -0.4 is 10.6 Å². The maximum atomic E-state index is 12.3. The molecule has 1 unspecified atom stereocenters. The van der Waals surface area contributed by atoms with E-state index >= 15 is 0 Å². The number of nitrogens with two attached hydrogens (primary N) is 1. The molecule has 1 aromatic carbocycles. The maximum absolute atomic E-state index is 12.3. The van der Waals surface area contributed by atoms with Gasteiger partial charge in [0.25, 0.3) is 5.91 Å². The van der Waals surface area contributed by atoms with E-state index < -0.39 is 0 Å². The van der Waals surface area contributed by atoms with Crippen molar-refractivity contribution < 1.29 is 4.79 Å². The predicted molar refractivity (Wildman–Crippen MR) is 86.2 cm³/mol. The average molecular weight is 277 g/mol. The van der Waals surface area contributed by atoms with Crippen molar-refractivity contribution in [3.05, 3.63) is 23.8 Å². The normalized spacial score (nSPS) is 12.1. The summed E-state index contributed by atoms with van der Waals surface area (Å²) in [6, 6.07) is 5.52. The third-order valence-corrected chi connectivity index (χ3v) is 3.61. The number of benzene rings is 1. The summed E-state index contributed by atoms with van der Waals surface area (Å²) in [5.41, 5.74) is 8.25. The number of amides is 1. The van der Waals surface area contributed by atoms with Crippen molar-refractivity contribution >= 4 is 17.3 Å². The topological polar surface area (TPSA) is 49.6 Å². The number of nitrogen functional groups attached to an aromatic ring is 1. The monoisotopic (exact) mass is 277 g/mol. The van der Waals surface area contributed by atoms with Gasteiger partial charge < -0.3 is 15.5 Å². The van der Waals surface area contributed by atoms with Crippen molar-refractivity contribution in [2.45, 2.75) is 27.2 Å². The molecule has 1 atom stereocenters. The Kier molecular flexibility index (Phi) is 5.86. The Morgan fingerprint density at radius 3 is 2.45 bits per heavy atom. The fourth-order valence-corrected chi connectivity index (χ4v) is 2.14. The Morgan fingerprint density at radius 1 is 1.30 bits per heavy atom. The second kappa shape index (κ2) is 7.17. The minimum Gasteiger partial charge on any atom is -0.399 e. The highest BCUT2D eigenvalue weighted by Gasteiger charge is 2.18. The van der Waals surface area contributed by atoms with E-state index in [9.17, 15) is 4.79 Å². The third-order valence-electron chi connectivity index (χ3n) is 3.61. The first-order valence-electron chi connectivity index (χ1n) is 7.26. The first-order chi connectivity index (χ1) is 9.40. The summed E-state index contributed by atoms with van der Waals surface area (Å²) in [5, 5.41) is 0. The molecule has 1 rings (SSSR count). The molecule has 0 saturated heterocycles. The van der Waals surface area contributed by atoms with Crippen molar-refractivity contribution in [1.82, 2.24) is 4.90 Å². The van der Waals surface area contributed by atoms with E-state index in [2.05, 4.69) is 25.7 Å². The Hall–Kier alpha value is -1.71. The van der Waals surface area contributed by atoms with E-state index in [1.165, 1.54) is 0 Å². The van der Waals surface area contributed by atoms with Crippen LogP contribution >= 0.6 is 0 Å². The van der Waals surface area contributed by atoms with Gasteiger partial charge in [0.2, 0.25) is 0 Å². The van der Waals surface area contributed by atoms with Crippen LogP contribution in [0.4, 0.5) is 11.4 Å². The molecule has 0 aliphatic carbocycles. The zero-order valence-corrected chi connectivity index (χ0v) is 13.3. The third kappa shape index (κ3) is 3.89. The van der Waals surface area contributed by atoms with Gasteiger partial charge in [0.15, 0.2) is 0 Å². The van der Waals surface area contributed by atoms with Gasteiger partial charge >= 0.3 is 0 Å². The quantitative estimate of drug-likeness (QED) is 0.813. The number of hydrogen-bond acceptors (Lipinski definition) is 3. The molecule has 1 aromatic rings. The maximum Gasteiger partial charge on any atom is 0.255 e. The van der Waals surface area contributed by atoms with E-state index in [0.717, 1.165) is 25.2 Å². The zero-order chi connectivity index (χ0) is 15.3. The Morgan fingerprint density at radius 2 is 1.95 bits per heavy atom. The number of nitrogens with zero attached hydrogens (tertiary/aromatic N) is 2. The van der Waals surface area contributed by atoms with Gasteiger partial charge in [-0.2, -0.15) is 0 Å². The second-order valence-electron chi connectivity index (χ2n) is 5.53. The molecule has 0 spiro atoms. The Labute approximate surface area is 122 Å². The Bertz CT molecular complexity index is 457. The van der Waals surface area contributed by atoms with Gasteiger partial charge in [0.05, 0.1) is 11.3 Å². The molecule has 0 aliphatic heterocycles. The van der Waals surface area contributed by atoms with Crippen molar-refractivity contribution in [2.24, 2.45) is 5.92 Å². The minimum absolute atomic E-state index is 0.0163. The predicted octanol–water partition coefficient (Wildman–Crippen LogP) is 2.84. The molecule has 0 radical (unpaired) electrons. The second-order valence-corrected chi connectivity index (χ2v) is 5.53. The fraction of sp³-hybridized carbons (Fsp3) is 0.562. The molecule has 20 heavy (non-hydrogen) atoms. The summed E-state index contributed by atoms with van der Waals surface area (Å²) in [5.74, 6) is 0.598. The minimum atomic E-state index is 0.0163. The smallest absolute Gasteiger partial charge is 0.255 e. The Balaban J connectivity index is 3.18. The van der Waals surface area contributed by atoms with Crippen molar-refractivity contribution in [3.63, 3.8) is 0 Å².